The maximum absolute atomic E-state index is 12.6. The SMILES string of the molecule is Nc1c(NNC(=O)c2ccccn2)ncnc1Nc1ccc(C(F)(F)F)cc1. The number of nitrogen functional groups attached to an aromatic ring is 1. The van der Waals surface area contributed by atoms with Crippen LogP contribution in [0, 0.1) is 0 Å². The molecule has 0 aliphatic carbocycles. The first-order valence-electron chi connectivity index (χ1n) is 7.87. The van der Waals surface area contributed by atoms with Gasteiger partial charge in [-0.15, -0.1) is 0 Å². The Hall–Kier alpha value is -3.89. The molecule has 8 nitrogen and oxygen atoms in total. The van der Waals surface area contributed by atoms with Crippen molar-refractivity contribution in [1.29, 1.82) is 0 Å². The van der Waals surface area contributed by atoms with E-state index in [0.29, 0.717) is 5.69 Å². The zero-order valence-electron chi connectivity index (χ0n) is 14.2. The standard InChI is InChI=1S/C17H14F3N7O/c18-17(19,20)10-4-6-11(7-5-10)25-14-13(21)15(24-9-23-14)26-27-16(28)12-3-1-2-8-22-12/h1-9H,21H2,(H,27,28)(H2,23,24,25,26). The number of carbonyl (C=O) groups excluding carboxylic acids is 1. The minimum absolute atomic E-state index is 0.0590. The minimum Gasteiger partial charge on any atom is -0.393 e. The van der Waals surface area contributed by atoms with Crippen LogP contribution >= 0.6 is 0 Å². The van der Waals surface area contributed by atoms with Gasteiger partial charge in [0.1, 0.15) is 17.7 Å². The van der Waals surface area contributed by atoms with Gasteiger partial charge in [0.05, 0.1) is 5.56 Å². The van der Waals surface area contributed by atoms with Crippen molar-refractivity contribution in [3.05, 3.63) is 66.2 Å². The van der Waals surface area contributed by atoms with Gasteiger partial charge in [0, 0.05) is 11.9 Å². The Bertz CT molecular complexity index is 963. The molecule has 1 amide bonds. The second-order valence-electron chi connectivity index (χ2n) is 5.48. The van der Waals surface area contributed by atoms with E-state index in [0.717, 1.165) is 12.1 Å². The highest BCUT2D eigenvalue weighted by Crippen LogP contribution is 2.31. The molecule has 0 atom stereocenters. The van der Waals surface area contributed by atoms with Crippen LogP contribution in [-0.4, -0.2) is 20.9 Å². The maximum atomic E-state index is 12.6. The van der Waals surface area contributed by atoms with Gasteiger partial charge in [0.15, 0.2) is 11.6 Å². The molecule has 2 heterocycles. The molecule has 144 valence electrons. The summed E-state index contributed by atoms with van der Waals surface area (Å²) in [5.41, 5.74) is 10.7. The fourth-order valence-corrected chi connectivity index (χ4v) is 2.15. The number of benzene rings is 1. The molecule has 28 heavy (non-hydrogen) atoms. The molecular formula is C17H14F3N7O. The van der Waals surface area contributed by atoms with Crippen LogP contribution in [0.15, 0.2) is 55.0 Å². The monoisotopic (exact) mass is 389 g/mol. The van der Waals surface area contributed by atoms with Crippen LogP contribution in [0.5, 0.6) is 0 Å². The first-order valence-corrected chi connectivity index (χ1v) is 7.87. The molecule has 0 aliphatic heterocycles. The van der Waals surface area contributed by atoms with Crippen LogP contribution in [-0.2, 0) is 6.18 Å². The van der Waals surface area contributed by atoms with E-state index < -0.39 is 17.6 Å². The highest BCUT2D eigenvalue weighted by molar-refractivity contribution is 5.93. The first kappa shape index (κ1) is 18.9. The summed E-state index contributed by atoms with van der Waals surface area (Å²) < 4.78 is 37.9. The van der Waals surface area contributed by atoms with Gasteiger partial charge in [0.25, 0.3) is 5.91 Å². The van der Waals surface area contributed by atoms with Crippen molar-refractivity contribution in [3.63, 3.8) is 0 Å². The summed E-state index contributed by atoms with van der Waals surface area (Å²) in [5.74, 6) is -0.242. The Kier molecular flexibility index (Phi) is 5.25. The summed E-state index contributed by atoms with van der Waals surface area (Å²) in [6.45, 7) is 0. The summed E-state index contributed by atoms with van der Waals surface area (Å²) in [6.07, 6.45) is -1.77. The van der Waals surface area contributed by atoms with Gasteiger partial charge in [-0.2, -0.15) is 13.2 Å². The third-order valence-electron chi connectivity index (χ3n) is 3.55. The van der Waals surface area contributed by atoms with Crippen LogP contribution in [0.1, 0.15) is 16.1 Å². The number of nitrogens with two attached hydrogens (primary N) is 1. The molecule has 2 aromatic heterocycles. The molecule has 0 unspecified atom stereocenters. The van der Waals surface area contributed by atoms with Crippen molar-refractivity contribution >= 4 is 28.9 Å². The fourth-order valence-electron chi connectivity index (χ4n) is 2.15. The zero-order chi connectivity index (χ0) is 20.1. The van der Waals surface area contributed by atoms with E-state index in [9.17, 15) is 18.0 Å². The lowest BCUT2D eigenvalue weighted by molar-refractivity contribution is -0.137. The van der Waals surface area contributed by atoms with E-state index in [1.165, 1.54) is 30.7 Å². The Labute approximate surface area is 157 Å². The van der Waals surface area contributed by atoms with Crippen molar-refractivity contribution in [2.75, 3.05) is 16.5 Å². The van der Waals surface area contributed by atoms with Gasteiger partial charge in [-0.05, 0) is 36.4 Å². The molecular weight excluding hydrogens is 375 g/mol. The van der Waals surface area contributed by atoms with Crippen LogP contribution in [0.3, 0.4) is 0 Å². The number of anilines is 4. The number of hydrogen-bond donors (Lipinski definition) is 4. The number of aromatic nitrogens is 3. The van der Waals surface area contributed by atoms with E-state index in [1.54, 1.807) is 12.1 Å². The Morgan fingerprint density at radius 2 is 1.68 bits per heavy atom. The number of hydrazine groups is 1. The number of carbonyl (C=O) groups is 1. The van der Waals surface area contributed by atoms with Crippen molar-refractivity contribution in [2.45, 2.75) is 6.18 Å². The van der Waals surface area contributed by atoms with Crippen LogP contribution < -0.4 is 21.9 Å². The lowest BCUT2D eigenvalue weighted by atomic mass is 10.2. The zero-order valence-corrected chi connectivity index (χ0v) is 14.2. The van der Waals surface area contributed by atoms with E-state index in [2.05, 4.69) is 31.1 Å². The predicted molar refractivity (Wildman–Crippen MR) is 96.5 cm³/mol. The molecule has 5 N–H and O–H groups in total. The quantitative estimate of drug-likeness (QED) is 0.496. The van der Waals surface area contributed by atoms with E-state index in [4.69, 9.17) is 5.73 Å². The number of nitrogens with one attached hydrogen (secondary N) is 3. The van der Waals surface area contributed by atoms with Gasteiger partial charge in [-0.25, -0.2) is 9.97 Å². The lowest BCUT2D eigenvalue weighted by Crippen LogP contribution is -2.31. The topological polar surface area (TPSA) is 118 Å². The summed E-state index contributed by atoms with van der Waals surface area (Å²) in [4.78, 5) is 23.8. The normalized spacial score (nSPS) is 11.0. The van der Waals surface area contributed by atoms with Gasteiger partial charge in [-0.3, -0.25) is 20.6 Å². The largest absolute Gasteiger partial charge is 0.416 e. The summed E-state index contributed by atoms with van der Waals surface area (Å²) in [6, 6.07) is 9.23. The molecule has 0 saturated heterocycles. The van der Waals surface area contributed by atoms with Crippen molar-refractivity contribution in [3.8, 4) is 0 Å². The van der Waals surface area contributed by atoms with Crippen LogP contribution in [0.25, 0.3) is 0 Å². The van der Waals surface area contributed by atoms with Gasteiger partial charge < -0.3 is 11.1 Å². The minimum atomic E-state index is -4.42. The van der Waals surface area contributed by atoms with E-state index in [-0.39, 0.29) is 23.0 Å². The third-order valence-corrected chi connectivity index (χ3v) is 3.55. The smallest absolute Gasteiger partial charge is 0.393 e. The number of alkyl halides is 3. The summed E-state index contributed by atoms with van der Waals surface area (Å²) in [5, 5.41) is 2.80. The Morgan fingerprint density at radius 3 is 2.32 bits per heavy atom. The average Bonchev–Trinajstić information content (AvgIpc) is 2.69. The highest BCUT2D eigenvalue weighted by atomic mass is 19.4. The molecule has 3 rings (SSSR count). The molecule has 0 bridgehead atoms. The molecule has 0 radical (unpaired) electrons. The van der Waals surface area contributed by atoms with Gasteiger partial charge in [0.2, 0.25) is 0 Å². The number of nitrogens with zero attached hydrogens (tertiary/aromatic N) is 3. The number of halogens is 3. The predicted octanol–water partition coefficient (Wildman–Crippen LogP) is 2.97. The molecule has 0 saturated carbocycles. The number of amides is 1. The van der Waals surface area contributed by atoms with Crippen LogP contribution in [0.4, 0.5) is 36.2 Å². The van der Waals surface area contributed by atoms with Crippen molar-refractivity contribution < 1.29 is 18.0 Å². The molecule has 0 aliphatic rings. The molecule has 11 heteroatoms. The second kappa shape index (κ2) is 7.78. The van der Waals surface area contributed by atoms with Gasteiger partial charge >= 0.3 is 6.18 Å². The third kappa shape index (κ3) is 4.44. The van der Waals surface area contributed by atoms with Crippen molar-refractivity contribution in [1.82, 2.24) is 20.4 Å². The van der Waals surface area contributed by atoms with Crippen LogP contribution in [0.2, 0.25) is 0 Å². The highest BCUT2D eigenvalue weighted by Gasteiger charge is 2.29. The number of pyridine rings is 1. The fraction of sp³-hybridized carbons (Fsp3) is 0.0588. The maximum Gasteiger partial charge on any atom is 0.416 e. The number of rotatable bonds is 5. The van der Waals surface area contributed by atoms with E-state index in [1.807, 2.05) is 0 Å². The Balaban J connectivity index is 1.70. The molecule has 0 fully saturated rings. The molecule has 0 spiro atoms. The van der Waals surface area contributed by atoms with Crippen molar-refractivity contribution in [2.24, 2.45) is 0 Å². The Morgan fingerprint density at radius 1 is 0.964 bits per heavy atom. The first-order chi connectivity index (χ1) is 13.3. The average molecular weight is 389 g/mol. The van der Waals surface area contributed by atoms with Gasteiger partial charge in [-0.1, -0.05) is 6.07 Å². The second-order valence-corrected chi connectivity index (χ2v) is 5.48. The number of hydrogen-bond acceptors (Lipinski definition) is 7. The van der Waals surface area contributed by atoms with E-state index >= 15 is 0 Å². The molecule has 1 aromatic carbocycles. The molecule has 3 aromatic rings. The lowest BCUT2D eigenvalue weighted by Gasteiger charge is -2.13. The summed E-state index contributed by atoms with van der Waals surface area (Å²) in [7, 11) is 0. The summed E-state index contributed by atoms with van der Waals surface area (Å²) >= 11 is 0.